The lowest BCUT2D eigenvalue weighted by atomic mass is 10.1. The van der Waals surface area contributed by atoms with E-state index in [2.05, 4.69) is 27.7 Å². The normalized spacial score (nSPS) is 11.0. The molecule has 3 aromatic rings. The standard InChI is InChI=1S/C21H21N3O/c1-2-14-24-16-18(19-10-6-7-11-20(19)24)15-22-23-21(25)13-12-17-8-4-3-5-9-17/h2-11,15-16H,1,12-14H2,(H,23,25)/b22-15+. The Hall–Kier alpha value is -3.14. The van der Waals surface area contributed by atoms with Gasteiger partial charge in [0.05, 0.1) is 6.21 Å². The smallest absolute Gasteiger partial charge is 0.240 e. The second-order valence-corrected chi connectivity index (χ2v) is 5.82. The molecule has 0 saturated carbocycles. The van der Waals surface area contributed by atoms with E-state index < -0.39 is 0 Å². The first kappa shape index (κ1) is 16.7. The van der Waals surface area contributed by atoms with Crippen LogP contribution in [0.15, 0.2) is 78.6 Å². The fraction of sp³-hybridized carbons (Fsp3) is 0.143. The van der Waals surface area contributed by atoms with Crippen molar-refractivity contribution < 1.29 is 4.79 Å². The Morgan fingerprint density at radius 2 is 1.88 bits per heavy atom. The highest BCUT2D eigenvalue weighted by molar-refractivity contribution is 5.99. The molecule has 126 valence electrons. The molecule has 0 aliphatic rings. The van der Waals surface area contributed by atoms with Gasteiger partial charge in [0.15, 0.2) is 0 Å². The van der Waals surface area contributed by atoms with Crippen molar-refractivity contribution in [3.8, 4) is 0 Å². The molecule has 0 unspecified atom stereocenters. The zero-order valence-electron chi connectivity index (χ0n) is 14.1. The van der Waals surface area contributed by atoms with Crippen molar-refractivity contribution in [2.75, 3.05) is 0 Å². The van der Waals surface area contributed by atoms with E-state index >= 15 is 0 Å². The molecular weight excluding hydrogens is 310 g/mol. The lowest BCUT2D eigenvalue weighted by Crippen LogP contribution is -2.17. The molecule has 25 heavy (non-hydrogen) atoms. The van der Waals surface area contributed by atoms with Crippen molar-refractivity contribution in [2.24, 2.45) is 5.10 Å². The average molecular weight is 331 g/mol. The summed E-state index contributed by atoms with van der Waals surface area (Å²) in [6.07, 6.45) is 6.70. The molecule has 1 aromatic heterocycles. The second kappa shape index (κ2) is 8.11. The number of allylic oxidation sites excluding steroid dienone is 1. The summed E-state index contributed by atoms with van der Waals surface area (Å²) in [6.45, 7) is 4.53. The molecule has 0 aliphatic heterocycles. The number of fused-ring (bicyclic) bond motifs is 1. The number of carbonyl (C=O) groups is 1. The summed E-state index contributed by atoms with van der Waals surface area (Å²) in [7, 11) is 0. The molecule has 1 amide bonds. The average Bonchev–Trinajstić information content (AvgIpc) is 2.99. The third-order valence-electron chi connectivity index (χ3n) is 4.02. The Balaban J connectivity index is 1.63. The highest BCUT2D eigenvalue weighted by atomic mass is 16.2. The Morgan fingerprint density at radius 1 is 1.12 bits per heavy atom. The quantitative estimate of drug-likeness (QED) is 0.398. The summed E-state index contributed by atoms with van der Waals surface area (Å²) >= 11 is 0. The summed E-state index contributed by atoms with van der Waals surface area (Å²) in [5.41, 5.74) is 5.85. The maximum atomic E-state index is 11.9. The summed E-state index contributed by atoms with van der Waals surface area (Å²) < 4.78 is 2.11. The molecule has 1 heterocycles. The predicted octanol–water partition coefficient (Wildman–Crippen LogP) is 3.91. The first-order valence-corrected chi connectivity index (χ1v) is 8.32. The van der Waals surface area contributed by atoms with E-state index in [0.29, 0.717) is 12.8 Å². The van der Waals surface area contributed by atoms with Crippen LogP contribution in [-0.2, 0) is 17.8 Å². The fourth-order valence-corrected chi connectivity index (χ4v) is 2.80. The van der Waals surface area contributed by atoms with Crippen LogP contribution in [0, 0.1) is 0 Å². The maximum absolute atomic E-state index is 11.9. The molecule has 0 fully saturated rings. The van der Waals surface area contributed by atoms with Crippen molar-refractivity contribution >= 4 is 23.0 Å². The number of hydrogen-bond donors (Lipinski definition) is 1. The van der Waals surface area contributed by atoms with Crippen molar-refractivity contribution in [2.45, 2.75) is 19.4 Å². The van der Waals surface area contributed by atoms with E-state index in [4.69, 9.17) is 0 Å². The number of nitrogens with zero attached hydrogens (tertiary/aromatic N) is 2. The highest BCUT2D eigenvalue weighted by Gasteiger charge is 2.05. The van der Waals surface area contributed by atoms with Crippen LogP contribution in [0.5, 0.6) is 0 Å². The highest BCUT2D eigenvalue weighted by Crippen LogP contribution is 2.19. The summed E-state index contributed by atoms with van der Waals surface area (Å²) in [4.78, 5) is 11.9. The van der Waals surface area contributed by atoms with Gasteiger partial charge in [-0.3, -0.25) is 4.79 Å². The van der Waals surface area contributed by atoms with Crippen molar-refractivity contribution in [1.29, 1.82) is 0 Å². The SMILES string of the molecule is C=CCn1cc(/C=N/NC(=O)CCc2ccccc2)c2ccccc21. The summed E-state index contributed by atoms with van der Waals surface area (Å²) in [5, 5.41) is 5.22. The first-order valence-electron chi connectivity index (χ1n) is 8.32. The van der Waals surface area contributed by atoms with Gasteiger partial charge < -0.3 is 4.57 Å². The van der Waals surface area contributed by atoms with Crippen molar-refractivity contribution in [3.63, 3.8) is 0 Å². The van der Waals surface area contributed by atoms with Gasteiger partial charge in [-0.15, -0.1) is 6.58 Å². The molecular formula is C21H21N3O. The number of hydrogen-bond acceptors (Lipinski definition) is 2. The molecule has 2 aromatic carbocycles. The number of rotatable bonds is 7. The third-order valence-corrected chi connectivity index (χ3v) is 4.02. The Labute approximate surface area is 147 Å². The largest absolute Gasteiger partial charge is 0.343 e. The number of aryl methyl sites for hydroxylation is 1. The minimum atomic E-state index is -0.0880. The zero-order valence-corrected chi connectivity index (χ0v) is 14.1. The molecule has 3 rings (SSSR count). The van der Waals surface area contributed by atoms with Gasteiger partial charge in [-0.25, -0.2) is 5.43 Å². The summed E-state index contributed by atoms with van der Waals surface area (Å²) in [6, 6.07) is 18.1. The molecule has 4 nitrogen and oxygen atoms in total. The molecule has 1 N–H and O–H groups in total. The van der Waals surface area contributed by atoms with Crippen LogP contribution in [0.3, 0.4) is 0 Å². The molecule has 4 heteroatoms. The number of benzene rings is 2. The van der Waals surface area contributed by atoms with Crippen LogP contribution in [0.1, 0.15) is 17.5 Å². The van der Waals surface area contributed by atoms with E-state index in [1.54, 1.807) is 6.21 Å². The molecule has 0 saturated heterocycles. The van der Waals surface area contributed by atoms with Gasteiger partial charge in [0, 0.05) is 35.6 Å². The lowest BCUT2D eigenvalue weighted by molar-refractivity contribution is -0.121. The number of carbonyl (C=O) groups excluding carboxylic acids is 1. The number of hydrazone groups is 1. The van der Waals surface area contributed by atoms with Gasteiger partial charge in [-0.2, -0.15) is 5.10 Å². The van der Waals surface area contributed by atoms with Crippen molar-refractivity contribution in [1.82, 2.24) is 9.99 Å². The van der Waals surface area contributed by atoms with Crippen LogP contribution in [0.25, 0.3) is 10.9 Å². The van der Waals surface area contributed by atoms with E-state index in [9.17, 15) is 4.79 Å². The number of para-hydroxylation sites is 1. The monoisotopic (exact) mass is 331 g/mol. The van der Waals surface area contributed by atoms with Gasteiger partial charge >= 0.3 is 0 Å². The topological polar surface area (TPSA) is 46.4 Å². The molecule has 0 bridgehead atoms. The minimum Gasteiger partial charge on any atom is -0.343 e. The molecule has 0 spiro atoms. The van der Waals surface area contributed by atoms with Crippen LogP contribution in [0.4, 0.5) is 0 Å². The van der Waals surface area contributed by atoms with E-state index in [1.807, 2.05) is 60.8 Å². The van der Waals surface area contributed by atoms with E-state index in [0.717, 1.165) is 28.6 Å². The van der Waals surface area contributed by atoms with Crippen LogP contribution < -0.4 is 5.43 Å². The zero-order chi connectivity index (χ0) is 17.5. The van der Waals surface area contributed by atoms with E-state index in [-0.39, 0.29) is 5.91 Å². The Bertz CT molecular complexity index is 894. The number of amides is 1. The van der Waals surface area contributed by atoms with Gasteiger partial charge in [0.1, 0.15) is 0 Å². The van der Waals surface area contributed by atoms with Crippen LogP contribution >= 0.6 is 0 Å². The van der Waals surface area contributed by atoms with Gasteiger partial charge in [-0.1, -0.05) is 54.6 Å². The minimum absolute atomic E-state index is 0.0880. The molecule has 0 radical (unpaired) electrons. The number of aromatic nitrogens is 1. The van der Waals surface area contributed by atoms with Gasteiger partial charge in [0.2, 0.25) is 5.91 Å². The predicted molar refractivity (Wildman–Crippen MR) is 103 cm³/mol. The Morgan fingerprint density at radius 3 is 2.68 bits per heavy atom. The van der Waals surface area contributed by atoms with Crippen molar-refractivity contribution in [3.05, 3.63) is 84.6 Å². The van der Waals surface area contributed by atoms with Gasteiger partial charge in [0.25, 0.3) is 0 Å². The van der Waals surface area contributed by atoms with Crippen LogP contribution in [0.2, 0.25) is 0 Å². The fourth-order valence-electron chi connectivity index (χ4n) is 2.80. The Kier molecular flexibility index (Phi) is 5.42. The third kappa shape index (κ3) is 4.23. The second-order valence-electron chi connectivity index (χ2n) is 5.82. The summed E-state index contributed by atoms with van der Waals surface area (Å²) in [5.74, 6) is -0.0880. The maximum Gasteiger partial charge on any atom is 0.240 e. The lowest BCUT2D eigenvalue weighted by Gasteiger charge is -2.00. The first-order chi connectivity index (χ1) is 12.3. The van der Waals surface area contributed by atoms with Crippen LogP contribution in [-0.4, -0.2) is 16.7 Å². The number of nitrogens with one attached hydrogen (secondary N) is 1. The van der Waals surface area contributed by atoms with E-state index in [1.165, 1.54) is 0 Å². The molecule has 0 atom stereocenters. The molecule has 0 aliphatic carbocycles. The van der Waals surface area contributed by atoms with Gasteiger partial charge in [-0.05, 0) is 18.1 Å².